The van der Waals surface area contributed by atoms with Gasteiger partial charge in [0, 0.05) is 25.8 Å². The number of anilines is 1. The molecule has 0 aliphatic rings. The van der Waals surface area contributed by atoms with Gasteiger partial charge in [-0.25, -0.2) is 0 Å². The highest BCUT2D eigenvalue weighted by Gasteiger charge is 2.16. The maximum Gasteiger partial charge on any atom is 0.255 e. The minimum atomic E-state index is 0.0968. The standard InChI is InChI=1S/C16H26N2O/c1-5-11-17-15-10-8-7-9-14(15)16(19)18(4)12-13(3)6-2/h7-10,13,17H,5-6,11-12H2,1-4H3. The molecule has 0 heterocycles. The van der Waals surface area contributed by atoms with E-state index in [1.165, 1.54) is 0 Å². The van der Waals surface area contributed by atoms with Crippen LogP contribution in [-0.4, -0.2) is 30.9 Å². The number of carbonyl (C=O) groups excluding carboxylic acids is 1. The van der Waals surface area contributed by atoms with Crippen LogP contribution in [0.4, 0.5) is 5.69 Å². The van der Waals surface area contributed by atoms with Gasteiger partial charge in [0.15, 0.2) is 0 Å². The molecule has 1 atom stereocenters. The lowest BCUT2D eigenvalue weighted by Crippen LogP contribution is -2.31. The van der Waals surface area contributed by atoms with E-state index in [4.69, 9.17) is 0 Å². The summed E-state index contributed by atoms with van der Waals surface area (Å²) in [5.41, 5.74) is 1.70. The third-order valence-corrected chi connectivity index (χ3v) is 3.35. The first-order valence-corrected chi connectivity index (χ1v) is 7.18. The van der Waals surface area contributed by atoms with Gasteiger partial charge >= 0.3 is 0 Å². The van der Waals surface area contributed by atoms with Crippen LogP contribution in [0.5, 0.6) is 0 Å². The molecule has 0 spiro atoms. The molecular weight excluding hydrogens is 236 g/mol. The number of para-hydroxylation sites is 1. The van der Waals surface area contributed by atoms with Crippen molar-refractivity contribution in [3.05, 3.63) is 29.8 Å². The molecule has 1 amide bonds. The van der Waals surface area contributed by atoms with Gasteiger partial charge in [-0.1, -0.05) is 39.3 Å². The Bertz CT molecular complexity index is 403. The predicted molar refractivity (Wildman–Crippen MR) is 81.6 cm³/mol. The number of nitrogens with zero attached hydrogens (tertiary/aromatic N) is 1. The number of benzene rings is 1. The summed E-state index contributed by atoms with van der Waals surface area (Å²) in [7, 11) is 1.88. The second kappa shape index (κ2) is 7.82. The van der Waals surface area contributed by atoms with Crippen molar-refractivity contribution in [2.45, 2.75) is 33.6 Å². The van der Waals surface area contributed by atoms with E-state index in [0.717, 1.165) is 37.2 Å². The van der Waals surface area contributed by atoms with Crippen LogP contribution < -0.4 is 5.32 Å². The summed E-state index contributed by atoms with van der Waals surface area (Å²) in [4.78, 5) is 14.3. The molecule has 0 saturated carbocycles. The normalized spacial score (nSPS) is 12.0. The van der Waals surface area contributed by atoms with Crippen LogP contribution in [-0.2, 0) is 0 Å². The third kappa shape index (κ3) is 4.58. The summed E-state index contributed by atoms with van der Waals surface area (Å²) in [6.07, 6.45) is 2.14. The predicted octanol–water partition coefficient (Wildman–Crippen LogP) is 3.63. The number of hydrogen-bond acceptors (Lipinski definition) is 2. The fourth-order valence-corrected chi connectivity index (χ4v) is 1.97. The molecule has 3 heteroatoms. The lowest BCUT2D eigenvalue weighted by molar-refractivity contribution is 0.0776. The highest BCUT2D eigenvalue weighted by Crippen LogP contribution is 2.17. The van der Waals surface area contributed by atoms with Gasteiger partial charge in [-0.3, -0.25) is 4.79 Å². The Morgan fingerprint density at radius 2 is 2.00 bits per heavy atom. The second-order valence-corrected chi connectivity index (χ2v) is 5.17. The molecule has 1 unspecified atom stereocenters. The molecule has 0 saturated heterocycles. The lowest BCUT2D eigenvalue weighted by atomic mass is 10.1. The van der Waals surface area contributed by atoms with Crippen molar-refractivity contribution in [3.63, 3.8) is 0 Å². The molecule has 0 bridgehead atoms. The maximum absolute atomic E-state index is 12.5. The molecule has 19 heavy (non-hydrogen) atoms. The van der Waals surface area contributed by atoms with E-state index < -0.39 is 0 Å². The first-order chi connectivity index (χ1) is 9.10. The van der Waals surface area contributed by atoms with Crippen molar-refractivity contribution in [2.75, 3.05) is 25.5 Å². The zero-order valence-corrected chi connectivity index (χ0v) is 12.6. The monoisotopic (exact) mass is 262 g/mol. The van der Waals surface area contributed by atoms with Crippen molar-refractivity contribution in [1.29, 1.82) is 0 Å². The summed E-state index contributed by atoms with van der Waals surface area (Å²) in [6, 6.07) is 7.75. The van der Waals surface area contributed by atoms with Crippen molar-refractivity contribution >= 4 is 11.6 Å². The Morgan fingerprint density at radius 3 is 2.63 bits per heavy atom. The zero-order chi connectivity index (χ0) is 14.3. The minimum Gasteiger partial charge on any atom is -0.384 e. The molecular formula is C16H26N2O. The SMILES string of the molecule is CCCNc1ccccc1C(=O)N(C)CC(C)CC. The number of nitrogens with one attached hydrogen (secondary N) is 1. The number of carbonyl (C=O) groups is 1. The van der Waals surface area contributed by atoms with Crippen LogP contribution in [0.15, 0.2) is 24.3 Å². The Kier molecular flexibility index (Phi) is 6.40. The molecule has 1 aromatic carbocycles. The molecule has 0 aliphatic heterocycles. The molecule has 1 rings (SSSR count). The van der Waals surface area contributed by atoms with Gasteiger partial charge in [0.1, 0.15) is 0 Å². The average molecular weight is 262 g/mol. The van der Waals surface area contributed by atoms with E-state index in [9.17, 15) is 4.79 Å². The fraction of sp³-hybridized carbons (Fsp3) is 0.562. The van der Waals surface area contributed by atoms with E-state index in [0.29, 0.717) is 5.92 Å². The van der Waals surface area contributed by atoms with Crippen LogP contribution in [0.3, 0.4) is 0 Å². The lowest BCUT2D eigenvalue weighted by Gasteiger charge is -2.22. The molecule has 1 N–H and O–H groups in total. The first kappa shape index (κ1) is 15.5. The Labute approximate surface area is 117 Å². The Hall–Kier alpha value is -1.51. The molecule has 3 nitrogen and oxygen atoms in total. The Balaban J connectivity index is 2.80. The topological polar surface area (TPSA) is 32.3 Å². The van der Waals surface area contributed by atoms with E-state index in [1.807, 2.05) is 36.2 Å². The van der Waals surface area contributed by atoms with Gasteiger partial charge in [-0.05, 0) is 24.5 Å². The minimum absolute atomic E-state index is 0.0968. The first-order valence-electron chi connectivity index (χ1n) is 7.18. The summed E-state index contributed by atoms with van der Waals surface area (Å²) in [5, 5.41) is 3.32. The van der Waals surface area contributed by atoms with Gasteiger partial charge in [0.2, 0.25) is 0 Å². The van der Waals surface area contributed by atoms with Crippen LogP contribution >= 0.6 is 0 Å². The molecule has 0 fully saturated rings. The van der Waals surface area contributed by atoms with E-state index in [2.05, 4.69) is 26.1 Å². The van der Waals surface area contributed by atoms with Crippen LogP contribution in [0.2, 0.25) is 0 Å². The van der Waals surface area contributed by atoms with Crippen molar-refractivity contribution in [3.8, 4) is 0 Å². The van der Waals surface area contributed by atoms with E-state index >= 15 is 0 Å². The number of amides is 1. The highest BCUT2D eigenvalue weighted by molar-refractivity contribution is 5.99. The number of hydrogen-bond donors (Lipinski definition) is 1. The van der Waals surface area contributed by atoms with Crippen LogP contribution in [0, 0.1) is 5.92 Å². The smallest absolute Gasteiger partial charge is 0.255 e. The molecule has 106 valence electrons. The van der Waals surface area contributed by atoms with Crippen molar-refractivity contribution in [1.82, 2.24) is 4.90 Å². The second-order valence-electron chi connectivity index (χ2n) is 5.17. The zero-order valence-electron chi connectivity index (χ0n) is 12.6. The largest absolute Gasteiger partial charge is 0.384 e. The maximum atomic E-state index is 12.5. The summed E-state index contributed by atoms with van der Waals surface area (Å²) in [5.74, 6) is 0.629. The highest BCUT2D eigenvalue weighted by atomic mass is 16.2. The van der Waals surface area contributed by atoms with Crippen molar-refractivity contribution < 1.29 is 4.79 Å². The van der Waals surface area contributed by atoms with Gasteiger partial charge in [-0.2, -0.15) is 0 Å². The average Bonchev–Trinajstić information content (AvgIpc) is 2.44. The summed E-state index contributed by atoms with van der Waals surface area (Å²) >= 11 is 0. The quantitative estimate of drug-likeness (QED) is 0.814. The van der Waals surface area contributed by atoms with Gasteiger partial charge < -0.3 is 10.2 Å². The van der Waals surface area contributed by atoms with Gasteiger partial charge in [-0.15, -0.1) is 0 Å². The summed E-state index contributed by atoms with van der Waals surface area (Å²) in [6.45, 7) is 8.13. The molecule has 0 radical (unpaired) electrons. The molecule has 0 aliphatic carbocycles. The molecule has 1 aromatic rings. The Morgan fingerprint density at radius 1 is 1.32 bits per heavy atom. The van der Waals surface area contributed by atoms with Crippen molar-refractivity contribution in [2.24, 2.45) is 5.92 Å². The van der Waals surface area contributed by atoms with E-state index in [-0.39, 0.29) is 5.91 Å². The van der Waals surface area contributed by atoms with Crippen LogP contribution in [0.25, 0.3) is 0 Å². The van der Waals surface area contributed by atoms with Gasteiger partial charge in [0.05, 0.1) is 5.56 Å². The van der Waals surface area contributed by atoms with Crippen LogP contribution in [0.1, 0.15) is 44.0 Å². The summed E-state index contributed by atoms with van der Waals surface area (Å²) < 4.78 is 0. The molecule has 0 aromatic heterocycles. The third-order valence-electron chi connectivity index (χ3n) is 3.35. The van der Waals surface area contributed by atoms with Gasteiger partial charge in [0.25, 0.3) is 5.91 Å². The van der Waals surface area contributed by atoms with E-state index in [1.54, 1.807) is 0 Å². The fourth-order valence-electron chi connectivity index (χ4n) is 1.97. The number of rotatable bonds is 7.